The molecule has 0 aromatic carbocycles. The average Bonchev–Trinajstić information content (AvgIpc) is 2.13. The molecule has 84 valence electrons. The second-order valence-electron chi connectivity index (χ2n) is 4.00. The van der Waals surface area contributed by atoms with Crippen LogP contribution in [0.5, 0.6) is 0 Å². The molecule has 0 saturated heterocycles. The van der Waals surface area contributed by atoms with Gasteiger partial charge in [-0.1, -0.05) is 32.4 Å². The van der Waals surface area contributed by atoms with Crippen molar-refractivity contribution in [3.8, 4) is 0 Å². The fraction of sp³-hybridized carbons (Fsp3) is 0.833. The number of hydrogen-bond acceptors (Lipinski definition) is 2. The monoisotopic (exact) mass is 199 g/mol. The fourth-order valence-electron chi connectivity index (χ4n) is 1.13. The van der Waals surface area contributed by atoms with Crippen LogP contribution < -0.4 is 5.32 Å². The van der Waals surface area contributed by atoms with Gasteiger partial charge >= 0.3 is 0 Å². The summed E-state index contributed by atoms with van der Waals surface area (Å²) in [5, 5.41) is 3.38. The van der Waals surface area contributed by atoms with Gasteiger partial charge in [-0.3, -0.25) is 0 Å². The van der Waals surface area contributed by atoms with E-state index >= 15 is 0 Å². The van der Waals surface area contributed by atoms with E-state index in [1.165, 1.54) is 5.57 Å². The van der Waals surface area contributed by atoms with Crippen molar-refractivity contribution in [3.63, 3.8) is 0 Å². The van der Waals surface area contributed by atoms with E-state index in [0.29, 0.717) is 6.04 Å². The van der Waals surface area contributed by atoms with Crippen molar-refractivity contribution >= 4 is 0 Å². The minimum absolute atomic E-state index is 0.583. The molecule has 0 bridgehead atoms. The highest BCUT2D eigenvalue weighted by atomic mass is 16.5. The Bertz CT molecular complexity index is 152. The van der Waals surface area contributed by atoms with Gasteiger partial charge in [0.15, 0.2) is 0 Å². The lowest BCUT2D eigenvalue weighted by atomic mass is 10.2. The van der Waals surface area contributed by atoms with Crippen LogP contribution >= 0.6 is 0 Å². The lowest BCUT2D eigenvalue weighted by Gasteiger charge is -2.06. The molecule has 2 heteroatoms. The number of nitrogens with one attached hydrogen (secondary N) is 1. The van der Waals surface area contributed by atoms with E-state index in [9.17, 15) is 0 Å². The van der Waals surface area contributed by atoms with E-state index in [1.807, 2.05) is 0 Å². The summed E-state index contributed by atoms with van der Waals surface area (Å²) in [4.78, 5) is 0. The largest absolute Gasteiger partial charge is 0.377 e. The van der Waals surface area contributed by atoms with Crippen molar-refractivity contribution in [2.24, 2.45) is 0 Å². The van der Waals surface area contributed by atoms with Crippen molar-refractivity contribution in [2.45, 2.75) is 46.6 Å². The molecule has 0 rings (SSSR count). The smallest absolute Gasteiger partial charge is 0.0674 e. The Balaban J connectivity index is 3.36. The molecule has 0 saturated carbocycles. The Morgan fingerprint density at radius 3 is 2.71 bits per heavy atom. The normalized spacial score (nSPS) is 12.5. The summed E-state index contributed by atoms with van der Waals surface area (Å²) in [6.07, 6.45) is 4.45. The van der Waals surface area contributed by atoms with Gasteiger partial charge in [0.25, 0.3) is 0 Å². The van der Waals surface area contributed by atoms with E-state index < -0.39 is 0 Å². The predicted octanol–water partition coefficient (Wildman–Crippen LogP) is 2.75. The van der Waals surface area contributed by atoms with Gasteiger partial charge in [0, 0.05) is 12.6 Å². The van der Waals surface area contributed by atoms with Crippen LogP contribution in [0.15, 0.2) is 11.6 Å². The van der Waals surface area contributed by atoms with Gasteiger partial charge in [0.05, 0.1) is 6.61 Å². The maximum atomic E-state index is 5.43. The van der Waals surface area contributed by atoms with E-state index in [1.54, 1.807) is 0 Å². The summed E-state index contributed by atoms with van der Waals surface area (Å²) in [6, 6.07) is 0.583. The molecule has 0 fully saturated rings. The lowest BCUT2D eigenvalue weighted by Crippen LogP contribution is -2.23. The summed E-state index contributed by atoms with van der Waals surface area (Å²) in [7, 11) is 0. The van der Waals surface area contributed by atoms with Gasteiger partial charge in [-0.2, -0.15) is 0 Å². The zero-order chi connectivity index (χ0) is 10.8. The molecule has 14 heavy (non-hydrogen) atoms. The number of ether oxygens (including phenoxy) is 1. The SMILES string of the molecule is CCCOCC(C)=CCCNC(C)C. The van der Waals surface area contributed by atoms with Gasteiger partial charge < -0.3 is 10.1 Å². The Hall–Kier alpha value is -0.340. The molecule has 0 radical (unpaired) electrons. The van der Waals surface area contributed by atoms with Crippen LogP contribution in [0.2, 0.25) is 0 Å². The third kappa shape index (κ3) is 9.75. The highest BCUT2D eigenvalue weighted by Crippen LogP contribution is 1.96. The van der Waals surface area contributed by atoms with Crippen molar-refractivity contribution in [1.29, 1.82) is 0 Å². The molecule has 0 aromatic heterocycles. The lowest BCUT2D eigenvalue weighted by molar-refractivity contribution is 0.156. The molecular formula is C12H25NO. The second-order valence-corrected chi connectivity index (χ2v) is 4.00. The quantitative estimate of drug-likeness (QED) is 0.479. The first-order valence-corrected chi connectivity index (χ1v) is 5.63. The Morgan fingerprint density at radius 2 is 2.14 bits per heavy atom. The highest BCUT2D eigenvalue weighted by molar-refractivity contribution is 4.98. The summed E-state index contributed by atoms with van der Waals surface area (Å²) < 4.78 is 5.43. The molecule has 0 heterocycles. The van der Waals surface area contributed by atoms with E-state index in [0.717, 1.165) is 32.6 Å². The van der Waals surface area contributed by atoms with E-state index in [-0.39, 0.29) is 0 Å². The van der Waals surface area contributed by atoms with Gasteiger partial charge in [-0.05, 0) is 26.3 Å². The van der Waals surface area contributed by atoms with Crippen LogP contribution in [-0.4, -0.2) is 25.8 Å². The molecule has 0 amide bonds. The third-order valence-corrected chi connectivity index (χ3v) is 1.87. The zero-order valence-corrected chi connectivity index (χ0v) is 10.1. The van der Waals surface area contributed by atoms with Gasteiger partial charge in [0.1, 0.15) is 0 Å². The van der Waals surface area contributed by atoms with Crippen LogP contribution in [0.1, 0.15) is 40.5 Å². The van der Waals surface area contributed by atoms with Gasteiger partial charge in [-0.15, -0.1) is 0 Å². The van der Waals surface area contributed by atoms with Crippen LogP contribution in [0, 0.1) is 0 Å². The van der Waals surface area contributed by atoms with Gasteiger partial charge in [0.2, 0.25) is 0 Å². The molecular weight excluding hydrogens is 174 g/mol. The molecule has 0 aliphatic rings. The van der Waals surface area contributed by atoms with Crippen molar-refractivity contribution in [1.82, 2.24) is 5.32 Å². The zero-order valence-electron chi connectivity index (χ0n) is 10.1. The third-order valence-electron chi connectivity index (χ3n) is 1.87. The topological polar surface area (TPSA) is 21.3 Å². The predicted molar refractivity (Wildman–Crippen MR) is 62.6 cm³/mol. The van der Waals surface area contributed by atoms with E-state index in [2.05, 4.69) is 39.1 Å². The summed E-state index contributed by atoms with van der Waals surface area (Å²) in [6.45, 7) is 11.3. The minimum Gasteiger partial charge on any atom is -0.377 e. The molecule has 0 atom stereocenters. The maximum Gasteiger partial charge on any atom is 0.0674 e. The number of hydrogen-bond donors (Lipinski definition) is 1. The Kier molecular flexibility index (Phi) is 9.00. The second kappa shape index (κ2) is 9.22. The fourth-order valence-corrected chi connectivity index (χ4v) is 1.13. The summed E-state index contributed by atoms with van der Waals surface area (Å²) >= 11 is 0. The Labute approximate surface area is 88.7 Å². The van der Waals surface area contributed by atoms with Crippen molar-refractivity contribution < 1.29 is 4.74 Å². The first kappa shape index (κ1) is 13.7. The Morgan fingerprint density at radius 1 is 1.43 bits per heavy atom. The summed E-state index contributed by atoms with van der Waals surface area (Å²) in [5.74, 6) is 0. The van der Waals surface area contributed by atoms with Gasteiger partial charge in [-0.25, -0.2) is 0 Å². The summed E-state index contributed by atoms with van der Waals surface area (Å²) in [5.41, 5.74) is 1.34. The highest BCUT2D eigenvalue weighted by Gasteiger charge is 1.91. The molecule has 2 nitrogen and oxygen atoms in total. The van der Waals surface area contributed by atoms with Crippen LogP contribution in [0.4, 0.5) is 0 Å². The molecule has 1 N–H and O–H groups in total. The maximum absolute atomic E-state index is 5.43. The molecule has 0 unspecified atom stereocenters. The molecule has 0 aromatic rings. The molecule has 0 aliphatic heterocycles. The standard InChI is InChI=1S/C12H25NO/c1-5-9-14-10-12(4)7-6-8-13-11(2)3/h7,11,13H,5-6,8-10H2,1-4H3. The molecule has 0 spiro atoms. The number of rotatable bonds is 8. The molecule has 0 aliphatic carbocycles. The van der Waals surface area contributed by atoms with Crippen LogP contribution in [-0.2, 0) is 4.74 Å². The van der Waals surface area contributed by atoms with E-state index in [4.69, 9.17) is 4.74 Å². The first-order chi connectivity index (χ1) is 6.66. The van der Waals surface area contributed by atoms with Crippen molar-refractivity contribution in [3.05, 3.63) is 11.6 Å². The first-order valence-electron chi connectivity index (χ1n) is 5.63. The average molecular weight is 199 g/mol. The van der Waals surface area contributed by atoms with Crippen LogP contribution in [0.3, 0.4) is 0 Å². The van der Waals surface area contributed by atoms with Crippen LogP contribution in [0.25, 0.3) is 0 Å². The minimum atomic E-state index is 0.583. The van der Waals surface area contributed by atoms with Crippen molar-refractivity contribution in [2.75, 3.05) is 19.8 Å².